The fourth-order valence-electron chi connectivity index (χ4n) is 2.18. The molecule has 1 aliphatic rings. The largest absolute Gasteiger partial charge is 0.357 e. The second-order valence-electron chi connectivity index (χ2n) is 4.38. The molecule has 0 aliphatic carbocycles. The van der Waals surface area contributed by atoms with Crippen LogP contribution >= 0.6 is 0 Å². The van der Waals surface area contributed by atoms with Crippen LogP contribution in [-0.4, -0.2) is 31.0 Å². The molecule has 17 heavy (non-hydrogen) atoms. The molecule has 2 rings (SSSR count). The lowest BCUT2D eigenvalue weighted by atomic mass is 10.2. The summed E-state index contributed by atoms with van der Waals surface area (Å²) >= 11 is 0. The zero-order valence-electron chi connectivity index (χ0n) is 10.3. The van der Waals surface area contributed by atoms with Gasteiger partial charge in [0.25, 0.3) is 5.91 Å². The van der Waals surface area contributed by atoms with Crippen molar-refractivity contribution in [1.82, 2.24) is 10.3 Å². The third-order valence-electron chi connectivity index (χ3n) is 3.16. The van der Waals surface area contributed by atoms with Crippen molar-refractivity contribution in [2.75, 3.05) is 25.0 Å². The van der Waals surface area contributed by atoms with E-state index in [1.54, 1.807) is 19.3 Å². The summed E-state index contributed by atoms with van der Waals surface area (Å²) in [7, 11) is 1.65. The molecule has 0 saturated carbocycles. The quantitative estimate of drug-likeness (QED) is 0.847. The molecule has 0 unspecified atom stereocenters. The highest BCUT2D eigenvalue weighted by atomic mass is 16.1. The number of hydrogen-bond acceptors (Lipinski definition) is 3. The van der Waals surface area contributed by atoms with Crippen molar-refractivity contribution in [2.45, 2.75) is 25.7 Å². The van der Waals surface area contributed by atoms with Gasteiger partial charge >= 0.3 is 0 Å². The number of carbonyl (C=O) groups is 1. The molecule has 1 aromatic heterocycles. The molecule has 2 heterocycles. The molecule has 0 bridgehead atoms. The highest BCUT2D eigenvalue weighted by molar-refractivity contribution is 5.94. The first kappa shape index (κ1) is 11.9. The summed E-state index contributed by atoms with van der Waals surface area (Å²) in [4.78, 5) is 18.2. The molecule has 92 valence electrons. The maximum atomic E-state index is 11.6. The molecule has 1 aromatic rings. The van der Waals surface area contributed by atoms with E-state index in [2.05, 4.69) is 15.2 Å². The molecule has 0 spiro atoms. The summed E-state index contributed by atoms with van der Waals surface area (Å²) in [6.07, 6.45) is 6.74. The molecule has 1 N–H and O–H groups in total. The Morgan fingerprint density at radius 2 is 2.00 bits per heavy atom. The Balaban J connectivity index is 2.16. The first-order valence-corrected chi connectivity index (χ1v) is 6.24. The fraction of sp³-hybridized carbons (Fsp3) is 0.538. The van der Waals surface area contributed by atoms with Crippen molar-refractivity contribution in [1.29, 1.82) is 0 Å². The Morgan fingerprint density at radius 1 is 1.29 bits per heavy atom. The third kappa shape index (κ3) is 2.96. The third-order valence-corrected chi connectivity index (χ3v) is 3.16. The molecule has 1 aliphatic heterocycles. The van der Waals surface area contributed by atoms with E-state index < -0.39 is 0 Å². The van der Waals surface area contributed by atoms with E-state index in [1.165, 1.54) is 25.7 Å². The van der Waals surface area contributed by atoms with Gasteiger partial charge in [0.1, 0.15) is 5.82 Å². The predicted molar refractivity (Wildman–Crippen MR) is 68.3 cm³/mol. The summed E-state index contributed by atoms with van der Waals surface area (Å²) in [5.41, 5.74) is 0.682. The average Bonchev–Trinajstić information content (AvgIpc) is 2.67. The zero-order chi connectivity index (χ0) is 12.1. The minimum atomic E-state index is -0.0523. The van der Waals surface area contributed by atoms with Crippen LogP contribution in [0.25, 0.3) is 0 Å². The Hall–Kier alpha value is -1.58. The van der Waals surface area contributed by atoms with Gasteiger partial charge in [-0.15, -0.1) is 0 Å². The lowest BCUT2D eigenvalue weighted by Crippen LogP contribution is -2.25. The van der Waals surface area contributed by atoms with Crippen molar-refractivity contribution < 1.29 is 4.79 Å². The number of nitrogens with one attached hydrogen (secondary N) is 1. The molecule has 0 aromatic carbocycles. The van der Waals surface area contributed by atoms with Gasteiger partial charge in [-0.3, -0.25) is 4.79 Å². The summed E-state index contributed by atoms with van der Waals surface area (Å²) in [6.45, 7) is 2.09. The van der Waals surface area contributed by atoms with E-state index in [0.29, 0.717) is 5.56 Å². The number of amides is 1. The number of aromatic nitrogens is 1. The Bertz CT molecular complexity index is 384. The molecule has 0 radical (unpaired) electrons. The Kier molecular flexibility index (Phi) is 3.96. The van der Waals surface area contributed by atoms with Crippen LogP contribution in [0.5, 0.6) is 0 Å². The molecular weight excluding hydrogens is 214 g/mol. The Morgan fingerprint density at radius 3 is 2.65 bits per heavy atom. The summed E-state index contributed by atoms with van der Waals surface area (Å²) in [5.74, 6) is 0.872. The zero-order valence-corrected chi connectivity index (χ0v) is 10.3. The summed E-state index contributed by atoms with van der Waals surface area (Å²) < 4.78 is 0. The molecule has 1 saturated heterocycles. The van der Waals surface area contributed by atoms with Crippen LogP contribution in [0.15, 0.2) is 18.3 Å². The second kappa shape index (κ2) is 5.66. The van der Waals surface area contributed by atoms with E-state index in [1.807, 2.05) is 6.07 Å². The van der Waals surface area contributed by atoms with Crippen LogP contribution in [0.4, 0.5) is 5.82 Å². The predicted octanol–water partition coefficient (Wildman–Crippen LogP) is 1.82. The van der Waals surface area contributed by atoms with Gasteiger partial charge in [-0.2, -0.15) is 0 Å². The molecule has 0 atom stereocenters. The normalized spacial score (nSPS) is 16.4. The lowest BCUT2D eigenvalue weighted by Gasteiger charge is -2.21. The molecule has 1 fully saturated rings. The van der Waals surface area contributed by atoms with Gasteiger partial charge in [-0.1, -0.05) is 12.8 Å². The molecule has 4 heteroatoms. The SMILES string of the molecule is CNC(=O)c1ccnc(N2CCCCCC2)c1. The van der Waals surface area contributed by atoms with Crippen LogP contribution in [0.3, 0.4) is 0 Å². The van der Waals surface area contributed by atoms with Gasteiger partial charge in [0, 0.05) is 31.9 Å². The smallest absolute Gasteiger partial charge is 0.251 e. The fourth-order valence-corrected chi connectivity index (χ4v) is 2.18. The van der Waals surface area contributed by atoms with E-state index in [0.717, 1.165) is 18.9 Å². The molecule has 4 nitrogen and oxygen atoms in total. The molecule has 1 amide bonds. The number of anilines is 1. The number of rotatable bonds is 2. The monoisotopic (exact) mass is 233 g/mol. The minimum absolute atomic E-state index is 0.0523. The van der Waals surface area contributed by atoms with Gasteiger partial charge in [0.05, 0.1) is 0 Å². The number of nitrogens with zero attached hydrogens (tertiary/aromatic N) is 2. The summed E-state index contributed by atoms with van der Waals surface area (Å²) in [6, 6.07) is 3.63. The standard InChI is InChI=1S/C13H19N3O/c1-14-13(17)11-6-7-15-12(10-11)16-8-4-2-3-5-9-16/h6-7,10H,2-5,8-9H2,1H3,(H,14,17). The van der Waals surface area contributed by atoms with Crippen LogP contribution in [0.1, 0.15) is 36.0 Å². The second-order valence-corrected chi connectivity index (χ2v) is 4.38. The van der Waals surface area contributed by atoms with Gasteiger partial charge in [-0.05, 0) is 25.0 Å². The lowest BCUT2D eigenvalue weighted by molar-refractivity contribution is 0.0963. The van der Waals surface area contributed by atoms with E-state index in [-0.39, 0.29) is 5.91 Å². The number of carbonyl (C=O) groups excluding carboxylic acids is 1. The van der Waals surface area contributed by atoms with Gasteiger partial charge in [0.2, 0.25) is 0 Å². The number of hydrogen-bond donors (Lipinski definition) is 1. The van der Waals surface area contributed by atoms with E-state index in [4.69, 9.17) is 0 Å². The topological polar surface area (TPSA) is 45.2 Å². The number of pyridine rings is 1. The van der Waals surface area contributed by atoms with Gasteiger partial charge in [-0.25, -0.2) is 4.98 Å². The highest BCUT2D eigenvalue weighted by Crippen LogP contribution is 2.18. The van der Waals surface area contributed by atoms with Gasteiger partial charge < -0.3 is 10.2 Å². The van der Waals surface area contributed by atoms with Crippen molar-refractivity contribution >= 4 is 11.7 Å². The van der Waals surface area contributed by atoms with Crippen molar-refractivity contribution in [3.63, 3.8) is 0 Å². The first-order valence-electron chi connectivity index (χ1n) is 6.24. The minimum Gasteiger partial charge on any atom is -0.357 e. The average molecular weight is 233 g/mol. The first-order chi connectivity index (χ1) is 8.31. The van der Waals surface area contributed by atoms with Crippen LogP contribution in [-0.2, 0) is 0 Å². The van der Waals surface area contributed by atoms with Crippen LogP contribution < -0.4 is 10.2 Å². The van der Waals surface area contributed by atoms with Crippen LogP contribution in [0, 0.1) is 0 Å². The van der Waals surface area contributed by atoms with E-state index >= 15 is 0 Å². The molecular formula is C13H19N3O. The van der Waals surface area contributed by atoms with Crippen LogP contribution in [0.2, 0.25) is 0 Å². The Labute approximate surface area is 102 Å². The highest BCUT2D eigenvalue weighted by Gasteiger charge is 2.12. The summed E-state index contributed by atoms with van der Waals surface area (Å²) in [5, 5.41) is 2.64. The van der Waals surface area contributed by atoms with Gasteiger partial charge in [0.15, 0.2) is 0 Å². The van der Waals surface area contributed by atoms with Crippen molar-refractivity contribution in [3.8, 4) is 0 Å². The maximum absolute atomic E-state index is 11.6. The van der Waals surface area contributed by atoms with Crippen molar-refractivity contribution in [3.05, 3.63) is 23.9 Å². The maximum Gasteiger partial charge on any atom is 0.251 e. The van der Waals surface area contributed by atoms with Crippen molar-refractivity contribution in [2.24, 2.45) is 0 Å². The van der Waals surface area contributed by atoms with E-state index in [9.17, 15) is 4.79 Å².